The van der Waals surface area contributed by atoms with Crippen LogP contribution in [0.5, 0.6) is 0 Å². The Morgan fingerprint density at radius 1 is 0.567 bits per heavy atom. The van der Waals surface area contributed by atoms with Crippen LogP contribution in [0.2, 0.25) is 0 Å². The Balaban J connectivity index is 1.69. The lowest BCUT2D eigenvalue weighted by Gasteiger charge is -2.22. The Bertz CT molecular complexity index is 1470. The zero-order chi connectivity index (χ0) is 20.5. The highest BCUT2D eigenvalue weighted by atomic mass is 79.9. The zero-order valence-electron chi connectivity index (χ0n) is 17.0. The molecule has 1 aliphatic rings. The second-order valence-electron chi connectivity index (χ2n) is 8.71. The van der Waals surface area contributed by atoms with E-state index in [0.29, 0.717) is 0 Å². The molecule has 0 fully saturated rings. The van der Waals surface area contributed by atoms with Crippen molar-refractivity contribution in [3.8, 4) is 22.3 Å². The maximum Gasteiger partial charge on any atom is 0.0338 e. The van der Waals surface area contributed by atoms with E-state index >= 15 is 0 Å². The fraction of sp³-hybridized carbons (Fsp3) is 0.103. The third-order valence-electron chi connectivity index (χ3n) is 6.74. The molecule has 0 atom stereocenters. The lowest BCUT2D eigenvalue weighted by atomic mass is 9.81. The van der Waals surface area contributed by atoms with Gasteiger partial charge >= 0.3 is 0 Å². The molecular formula is C29H21Br. The Kier molecular flexibility index (Phi) is 3.76. The second kappa shape index (κ2) is 6.30. The Labute approximate surface area is 185 Å². The molecular weight excluding hydrogens is 428 g/mol. The predicted molar refractivity (Wildman–Crippen MR) is 132 cm³/mol. The quantitative estimate of drug-likeness (QED) is 0.225. The zero-order valence-corrected chi connectivity index (χ0v) is 18.6. The van der Waals surface area contributed by atoms with Crippen LogP contribution in [0.4, 0.5) is 0 Å². The molecule has 0 amide bonds. The molecule has 0 nitrogen and oxygen atoms in total. The molecule has 0 radical (unpaired) electrons. The Hall–Kier alpha value is -2.90. The molecule has 0 unspecified atom stereocenters. The van der Waals surface area contributed by atoms with Gasteiger partial charge in [0, 0.05) is 15.5 Å². The van der Waals surface area contributed by atoms with Gasteiger partial charge in [0.05, 0.1) is 0 Å². The molecule has 1 aliphatic carbocycles. The minimum Gasteiger partial charge on any atom is -0.0619 e. The summed E-state index contributed by atoms with van der Waals surface area (Å²) in [6, 6.07) is 33.3. The predicted octanol–water partition coefficient (Wildman–Crippen LogP) is 8.73. The average Bonchev–Trinajstić information content (AvgIpc) is 3.01. The van der Waals surface area contributed by atoms with Crippen LogP contribution in [0.3, 0.4) is 0 Å². The van der Waals surface area contributed by atoms with E-state index in [9.17, 15) is 0 Å². The highest BCUT2D eigenvalue weighted by Crippen LogP contribution is 2.51. The molecule has 6 rings (SSSR count). The van der Waals surface area contributed by atoms with Crippen molar-refractivity contribution in [2.75, 3.05) is 0 Å². The van der Waals surface area contributed by atoms with Gasteiger partial charge in [-0.15, -0.1) is 0 Å². The molecule has 30 heavy (non-hydrogen) atoms. The maximum atomic E-state index is 3.98. The van der Waals surface area contributed by atoms with Crippen LogP contribution < -0.4 is 0 Å². The van der Waals surface area contributed by atoms with Crippen molar-refractivity contribution in [3.05, 3.63) is 107 Å². The van der Waals surface area contributed by atoms with Gasteiger partial charge in [-0.05, 0) is 71.4 Å². The summed E-state index contributed by atoms with van der Waals surface area (Å²) in [7, 11) is 0. The molecule has 144 valence electrons. The van der Waals surface area contributed by atoms with Gasteiger partial charge in [-0.3, -0.25) is 0 Å². The van der Waals surface area contributed by atoms with Gasteiger partial charge in [0.1, 0.15) is 0 Å². The summed E-state index contributed by atoms with van der Waals surface area (Å²) < 4.78 is 1.17. The Morgan fingerprint density at radius 2 is 1.13 bits per heavy atom. The van der Waals surface area contributed by atoms with E-state index in [2.05, 4.69) is 121 Å². The molecule has 0 aromatic heterocycles. The van der Waals surface area contributed by atoms with Crippen molar-refractivity contribution >= 4 is 37.5 Å². The minimum atomic E-state index is 0.00106. The third kappa shape index (κ3) is 2.33. The Morgan fingerprint density at radius 3 is 1.90 bits per heavy atom. The number of benzene rings is 5. The van der Waals surface area contributed by atoms with Crippen molar-refractivity contribution < 1.29 is 0 Å². The van der Waals surface area contributed by atoms with Crippen LogP contribution in [-0.2, 0) is 5.41 Å². The van der Waals surface area contributed by atoms with E-state index in [4.69, 9.17) is 0 Å². The first-order valence-electron chi connectivity index (χ1n) is 10.4. The molecule has 0 N–H and O–H groups in total. The fourth-order valence-corrected chi connectivity index (χ4v) is 6.03. The summed E-state index contributed by atoms with van der Waals surface area (Å²) in [6.07, 6.45) is 0. The van der Waals surface area contributed by atoms with Crippen LogP contribution in [0.1, 0.15) is 25.0 Å². The van der Waals surface area contributed by atoms with Crippen molar-refractivity contribution in [1.29, 1.82) is 0 Å². The van der Waals surface area contributed by atoms with Crippen LogP contribution >= 0.6 is 15.9 Å². The van der Waals surface area contributed by atoms with Gasteiger partial charge in [0.15, 0.2) is 0 Å². The van der Waals surface area contributed by atoms with E-state index in [1.807, 2.05) is 0 Å². The van der Waals surface area contributed by atoms with Crippen LogP contribution in [-0.4, -0.2) is 0 Å². The minimum absolute atomic E-state index is 0.00106. The molecule has 0 saturated heterocycles. The summed E-state index contributed by atoms with van der Waals surface area (Å²) in [6.45, 7) is 4.68. The van der Waals surface area contributed by atoms with Gasteiger partial charge in [-0.1, -0.05) is 98.8 Å². The average molecular weight is 449 g/mol. The van der Waals surface area contributed by atoms with Gasteiger partial charge < -0.3 is 0 Å². The first-order valence-corrected chi connectivity index (χ1v) is 11.2. The van der Waals surface area contributed by atoms with Gasteiger partial charge in [0.25, 0.3) is 0 Å². The van der Waals surface area contributed by atoms with Gasteiger partial charge in [0.2, 0.25) is 0 Å². The molecule has 5 aromatic carbocycles. The summed E-state index contributed by atoms with van der Waals surface area (Å²) >= 11 is 3.98. The van der Waals surface area contributed by atoms with Crippen LogP contribution in [0, 0.1) is 0 Å². The van der Waals surface area contributed by atoms with Gasteiger partial charge in [-0.25, -0.2) is 0 Å². The van der Waals surface area contributed by atoms with Crippen LogP contribution in [0.15, 0.2) is 95.5 Å². The standard InChI is InChI=1S/C29H21Br/c1-29(2)25-14-8-7-11-21(25)22-16-15-18(17-26(22)29)27-23-12-5-3-9-19(23)20-10-4-6-13-24(20)28(27)30/h3-17H,1-2H3. The molecule has 0 saturated carbocycles. The first kappa shape index (κ1) is 17.9. The number of rotatable bonds is 1. The number of hydrogen-bond donors (Lipinski definition) is 0. The molecule has 5 aromatic rings. The van der Waals surface area contributed by atoms with Crippen molar-refractivity contribution in [2.24, 2.45) is 0 Å². The van der Waals surface area contributed by atoms with Crippen molar-refractivity contribution in [3.63, 3.8) is 0 Å². The smallest absolute Gasteiger partial charge is 0.0338 e. The summed E-state index contributed by atoms with van der Waals surface area (Å²) in [5.74, 6) is 0. The fourth-order valence-electron chi connectivity index (χ4n) is 5.24. The monoisotopic (exact) mass is 448 g/mol. The first-order chi connectivity index (χ1) is 14.6. The number of hydrogen-bond acceptors (Lipinski definition) is 0. The molecule has 0 aliphatic heterocycles. The topological polar surface area (TPSA) is 0 Å². The summed E-state index contributed by atoms with van der Waals surface area (Å²) in [5.41, 5.74) is 8.10. The highest BCUT2D eigenvalue weighted by Gasteiger charge is 2.35. The second-order valence-corrected chi connectivity index (χ2v) is 9.50. The summed E-state index contributed by atoms with van der Waals surface area (Å²) in [4.78, 5) is 0. The molecule has 0 heterocycles. The lowest BCUT2D eigenvalue weighted by Crippen LogP contribution is -2.14. The van der Waals surface area contributed by atoms with Gasteiger partial charge in [-0.2, -0.15) is 0 Å². The SMILES string of the molecule is CC1(C)c2ccccc2-c2ccc(-c3c(Br)c4ccccc4c4ccccc34)cc21. The number of halogens is 1. The molecule has 0 spiro atoms. The van der Waals surface area contributed by atoms with E-state index < -0.39 is 0 Å². The lowest BCUT2D eigenvalue weighted by molar-refractivity contribution is 0.660. The normalized spacial score (nSPS) is 14.1. The third-order valence-corrected chi connectivity index (χ3v) is 7.57. The van der Waals surface area contributed by atoms with Crippen molar-refractivity contribution in [2.45, 2.75) is 19.3 Å². The maximum absolute atomic E-state index is 3.98. The number of fused-ring (bicyclic) bond motifs is 6. The largest absolute Gasteiger partial charge is 0.0619 e. The summed E-state index contributed by atoms with van der Waals surface area (Å²) in [5, 5.41) is 5.14. The van der Waals surface area contributed by atoms with Crippen LogP contribution in [0.25, 0.3) is 43.8 Å². The van der Waals surface area contributed by atoms with E-state index in [1.54, 1.807) is 0 Å². The van der Waals surface area contributed by atoms with E-state index in [0.717, 1.165) is 0 Å². The highest BCUT2D eigenvalue weighted by molar-refractivity contribution is 9.10. The van der Waals surface area contributed by atoms with E-state index in [1.165, 1.54) is 59.4 Å². The molecule has 0 bridgehead atoms. The molecule has 1 heteroatoms. The van der Waals surface area contributed by atoms with E-state index in [-0.39, 0.29) is 5.41 Å². The van der Waals surface area contributed by atoms with Crippen molar-refractivity contribution in [1.82, 2.24) is 0 Å².